The highest BCUT2D eigenvalue weighted by Gasteiger charge is 2.24. The van der Waals surface area contributed by atoms with Crippen LogP contribution < -0.4 is 0 Å². The largest absolute Gasteiger partial charge is 0.378 e. The van der Waals surface area contributed by atoms with E-state index in [1.165, 1.54) is 38.5 Å². The van der Waals surface area contributed by atoms with Crippen molar-refractivity contribution in [3.8, 4) is 0 Å². The van der Waals surface area contributed by atoms with Gasteiger partial charge in [0.1, 0.15) is 0 Å². The second-order valence-electron chi connectivity index (χ2n) is 4.26. The van der Waals surface area contributed by atoms with E-state index in [2.05, 4.69) is 20.8 Å². The molecule has 0 N–H and O–H groups in total. The zero-order chi connectivity index (χ0) is 10.9. The molecule has 0 saturated carbocycles. The van der Waals surface area contributed by atoms with E-state index < -0.39 is 0 Å². The Labute approximate surface area is 90.2 Å². The maximum Gasteiger partial charge on any atom is 0.0673 e. The minimum absolute atomic E-state index is 0.173. The maximum absolute atomic E-state index is 5.64. The zero-order valence-corrected chi connectivity index (χ0v) is 10.6. The van der Waals surface area contributed by atoms with Crippen LogP contribution in [0, 0.1) is 0 Å². The standard InChI is InChI=1S/C13H28O/c1-5-8-9-10-11-12-13(6-2,7-3)14-4/h5-12H2,1-4H3. The molecular formula is C13H28O. The second kappa shape index (κ2) is 8.28. The molecule has 0 rings (SSSR count). The third kappa shape index (κ3) is 4.99. The SMILES string of the molecule is CCCCCCCC(CC)(CC)OC. The van der Waals surface area contributed by atoms with Gasteiger partial charge in [-0.25, -0.2) is 0 Å². The second-order valence-corrected chi connectivity index (χ2v) is 4.26. The van der Waals surface area contributed by atoms with Gasteiger partial charge in [0, 0.05) is 7.11 Å². The number of rotatable bonds is 9. The van der Waals surface area contributed by atoms with Gasteiger partial charge in [0.15, 0.2) is 0 Å². The van der Waals surface area contributed by atoms with Crippen LogP contribution in [0.15, 0.2) is 0 Å². The van der Waals surface area contributed by atoms with E-state index in [1.54, 1.807) is 0 Å². The lowest BCUT2D eigenvalue weighted by atomic mass is 9.90. The average molecular weight is 200 g/mol. The fourth-order valence-electron chi connectivity index (χ4n) is 2.05. The lowest BCUT2D eigenvalue weighted by Gasteiger charge is -2.30. The monoisotopic (exact) mass is 200 g/mol. The summed E-state index contributed by atoms with van der Waals surface area (Å²) in [4.78, 5) is 0. The van der Waals surface area contributed by atoms with E-state index in [0.717, 1.165) is 12.8 Å². The Morgan fingerprint density at radius 1 is 0.857 bits per heavy atom. The third-order valence-electron chi connectivity index (χ3n) is 3.46. The van der Waals surface area contributed by atoms with Crippen molar-refractivity contribution in [2.75, 3.05) is 7.11 Å². The number of hydrogen-bond donors (Lipinski definition) is 0. The van der Waals surface area contributed by atoms with E-state index in [4.69, 9.17) is 4.74 Å². The minimum Gasteiger partial charge on any atom is -0.378 e. The smallest absolute Gasteiger partial charge is 0.0673 e. The number of methoxy groups -OCH3 is 1. The summed E-state index contributed by atoms with van der Waals surface area (Å²) in [6.07, 6.45) is 10.3. The van der Waals surface area contributed by atoms with Crippen LogP contribution in [0.1, 0.15) is 72.1 Å². The average Bonchev–Trinajstić information content (AvgIpc) is 2.24. The van der Waals surface area contributed by atoms with Crippen molar-refractivity contribution < 1.29 is 4.74 Å². The summed E-state index contributed by atoms with van der Waals surface area (Å²) in [5, 5.41) is 0. The molecule has 0 radical (unpaired) electrons. The van der Waals surface area contributed by atoms with Crippen LogP contribution in [0.4, 0.5) is 0 Å². The first-order valence-corrected chi connectivity index (χ1v) is 6.29. The topological polar surface area (TPSA) is 9.23 Å². The molecule has 14 heavy (non-hydrogen) atoms. The predicted molar refractivity (Wildman–Crippen MR) is 63.7 cm³/mol. The predicted octanol–water partition coefficient (Wildman–Crippen LogP) is 4.55. The van der Waals surface area contributed by atoms with E-state index in [9.17, 15) is 0 Å². The van der Waals surface area contributed by atoms with E-state index >= 15 is 0 Å². The first-order valence-electron chi connectivity index (χ1n) is 6.29. The zero-order valence-electron chi connectivity index (χ0n) is 10.6. The molecule has 0 saturated heterocycles. The van der Waals surface area contributed by atoms with Crippen LogP contribution >= 0.6 is 0 Å². The fourth-order valence-corrected chi connectivity index (χ4v) is 2.05. The molecule has 0 aromatic carbocycles. The van der Waals surface area contributed by atoms with E-state index in [0.29, 0.717) is 0 Å². The molecule has 0 unspecified atom stereocenters. The Bertz CT molecular complexity index is 108. The van der Waals surface area contributed by atoms with Crippen molar-refractivity contribution in [1.29, 1.82) is 0 Å². The molecule has 0 aliphatic rings. The third-order valence-corrected chi connectivity index (χ3v) is 3.46. The van der Waals surface area contributed by atoms with Crippen LogP contribution in [0.25, 0.3) is 0 Å². The van der Waals surface area contributed by atoms with Crippen LogP contribution in [0.5, 0.6) is 0 Å². The van der Waals surface area contributed by atoms with Crippen LogP contribution in [-0.4, -0.2) is 12.7 Å². The molecule has 0 aliphatic heterocycles. The van der Waals surface area contributed by atoms with Gasteiger partial charge in [0.2, 0.25) is 0 Å². The van der Waals surface area contributed by atoms with Gasteiger partial charge in [-0.2, -0.15) is 0 Å². The van der Waals surface area contributed by atoms with Crippen molar-refractivity contribution in [1.82, 2.24) is 0 Å². The quantitative estimate of drug-likeness (QED) is 0.496. The van der Waals surface area contributed by atoms with Gasteiger partial charge in [0.05, 0.1) is 5.60 Å². The summed E-state index contributed by atoms with van der Waals surface area (Å²) in [6.45, 7) is 6.73. The van der Waals surface area contributed by atoms with Gasteiger partial charge in [-0.15, -0.1) is 0 Å². The number of hydrogen-bond acceptors (Lipinski definition) is 1. The molecule has 0 fully saturated rings. The molecule has 0 heterocycles. The van der Waals surface area contributed by atoms with Crippen molar-refractivity contribution in [2.24, 2.45) is 0 Å². The molecule has 0 aliphatic carbocycles. The molecule has 0 aromatic heterocycles. The summed E-state index contributed by atoms with van der Waals surface area (Å²) in [7, 11) is 1.86. The van der Waals surface area contributed by atoms with Crippen molar-refractivity contribution in [3.05, 3.63) is 0 Å². The number of ether oxygens (including phenoxy) is 1. The molecule has 0 spiro atoms. The first-order chi connectivity index (χ1) is 6.74. The Hall–Kier alpha value is -0.0400. The van der Waals surface area contributed by atoms with Gasteiger partial charge in [0.25, 0.3) is 0 Å². The van der Waals surface area contributed by atoms with Crippen molar-refractivity contribution in [3.63, 3.8) is 0 Å². The highest BCUT2D eigenvalue weighted by Crippen LogP contribution is 2.26. The van der Waals surface area contributed by atoms with Crippen molar-refractivity contribution in [2.45, 2.75) is 77.7 Å². The molecule has 1 nitrogen and oxygen atoms in total. The van der Waals surface area contributed by atoms with E-state index in [1.807, 2.05) is 7.11 Å². The summed E-state index contributed by atoms with van der Waals surface area (Å²) in [6, 6.07) is 0. The molecule has 1 heteroatoms. The van der Waals surface area contributed by atoms with Crippen LogP contribution in [0.3, 0.4) is 0 Å². The van der Waals surface area contributed by atoms with Crippen molar-refractivity contribution >= 4 is 0 Å². The van der Waals surface area contributed by atoms with Gasteiger partial charge in [-0.05, 0) is 19.3 Å². The number of unbranched alkanes of at least 4 members (excludes halogenated alkanes) is 4. The van der Waals surface area contributed by atoms with Gasteiger partial charge >= 0.3 is 0 Å². The minimum atomic E-state index is 0.173. The molecular weight excluding hydrogens is 172 g/mol. The Kier molecular flexibility index (Phi) is 8.26. The lowest BCUT2D eigenvalue weighted by Crippen LogP contribution is -2.29. The normalized spacial score (nSPS) is 12.0. The van der Waals surface area contributed by atoms with Gasteiger partial charge < -0.3 is 4.74 Å². The van der Waals surface area contributed by atoms with Crippen LogP contribution in [-0.2, 0) is 4.74 Å². The maximum atomic E-state index is 5.64. The highest BCUT2D eigenvalue weighted by molar-refractivity contribution is 4.76. The Morgan fingerprint density at radius 3 is 1.86 bits per heavy atom. The van der Waals surface area contributed by atoms with E-state index in [-0.39, 0.29) is 5.60 Å². The van der Waals surface area contributed by atoms with Crippen LogP contribution in [0.2, 0.25) is 0 Å². The highest BCUT2D eigenvalue weighted by atomic mass is 16.5. The summed E-state index contributed by atoms with van der Waals surface area (Å²) >= 11 is 0. The molecule has 0 amide bonds. The van der Waals surface area contributed by atoms with Gasteiger partial charge in [-0.1, -0.05) is 52.9 Å². The molecule has 0 bridgehead atoms. The summed E-state index contributed by atoms with van der Waals surface area (Å²) in [5.74, 6) is 0. The Balaban J connectivity index is 3.61. The summed E-state index contributed by atoms with van der Waals surface area (Å²) in [5.41, 5.74) is 0.173. The lowest BCUT2D eigenvalue weighted by molar-refractivity contribution is -0.0255. The molecule has 0 aromatic rings. The molecule has 86 valence electrons. The summed E-state index contributed by atoms with van der Waals surface area (Å²) < 4.78 is 5.64. The first kappa shape index (κ1) is 14.0. The fraction of sp³-hybridized carbons (Fsp3) is 1.00. The molecule has 0 atom stereocenters. The van der Waals surface area contributed by atoms with Gasteiger partial charge in [-0.3, -0.25) is 0 Å². The Morgan fingerprint density at radius 2 is 1.43 bits per heavy atom.